The molecule has 0 bridgehead atoms. The van der Waals surface area contributed by atoms with Gasteiger partial charge in [0.05, 0.1) is 0 Å². The van der Waals surface area contributed by atoms with E-state index in [1.807, 2.05) is 26.0 Å². The summed E-state index contributed by atoms with van der Waals surface area (Å²) in [7, 11) is 0. The van der Waals surface area contributed by atoms with Gasteiger partial charge in [-0.15, -0.1) is 13.2 Å². The highest BCUT2D eigenvalue weighted by molar-refractivity contribution is 5.48. The molecule has 0 aliphatic heterocycles. The Morgan fingerprint density at radius 2 is 1.67 bits per heavy atom. The van der Waals surface area contributed by atoms with Crippen LogP contribution in [0.15, 0.2) is 42.5 Å². The summed E-state index contributed by atoms with van der Waals surface area (Å²) in [4.78, 5) is 0. The van der Waals surface area contributed by atoms with Gasteiger partial charge in [-0.05, 0) is 31.5 Å². The second kappa shape index (κ2) is 6.08. The Bertz CT molecular complexity index is 603. The molecule has 21 heavy (non-hydrogen) atoms. The number of halogens is 3. The molecule has 112 valence electrons. The number of aryl methyl sites for hydroxylation is 2. The average Bonchev–Trinajstić information content (AvgIpc) is 2.33. The molecule has 0 aliphatic carbocycles. The van der Waals surface area contributed by atoms with E-state index in [4.69, 9.17) is 0 Å². The number of anilines is 1. The first-order valence-corrected chi connectivity index (χ1v) is 6.49. The number of nitrogens with one attached hydrogen (secondary N) is 1. The molecule has 0 amide bonds. The van der Waals surface area contributed by atoms with Crippen LogP contribution in [0.1, 0.15) is 16.7 Å². The van der Waals surface area contributed by atoms with Gasteiger partial charge in [-0.2, -0.15) is 0 Å². The molecule has 2 aromatic rings. The normalized spacial score (nSPS) is 11.3. The van der Waals surface area contributed by atoms with Crippen LogP contribution in [0.25, 0.3) is 0 Å². The Morgan fingerprint density at radius 3 is 2.29 bits per heavy atom. The van der Waals surface area contributed by atoms with E-state index in [2.05, 4.69) is 16.1 Å². The van der Waals surface area contributed by atoms with E-state index in [0.29, 0.717) is 12.2 Å². The van der Waals surface area contributed by atoms with Crippen molar-refractivity contribution in [2.75, 3.05) is 5.32 Å². The van der Waals surface area contributed by atoms with Crippen molar-refractivity contribution in [2.24, 2.45) is 0 Å². The van der Waals surface area contributed by atoms with Crippen molar-refractivity contribution < 1.29 is 17.9 Å². The molecular weight excluding hydrogens is 279 g/mol. The van der Waals surface area contributed by atoms with Gasteiger partial charge in [0.25, 0.3) is 0 Å². The van der Waals surface area contributed by atoms with Crippen LogP contribution in [0, 0.1) is 13.8 Å². The zero-order valence-corrected chi connectivity index (χ0v) is 11.8. The van der Waals surface area contributed by atoms with Crippen molar-refractivity contribution in [1.82, 2.24) is 0 Å². The Morgan fingerprint density at radius 1 is 1.00 bits per heavy atom. The third-order valence-electron chi connectivity index (χ3n) is 2.85. The molecule has 0 atom stereocenters. The maximum Gasteiger partial charge on any atom is 0.573 e. The molecule has 0 unspecified atom stereocenters. The highest BCUT2D eigenvalue weighted by Crippen LogP contribution is 2.25. The van der Waals surface area contributed by atoms with Gasteiger partial charge in [0, 0.05) is 18.3 Å². The van der Waals surface area contributed by atoms with E-state index in [1.165, 1.54) is 18.2 Å². The molecule has 0 aromatic heterocycles. The molecule has 2 aromatic carbocycles. The summed E-state index contributed by atoms with van der Waals surface area (Å²) >= 11 is 0. The lowest BCUT2D eigenvalue weighted by molar-refractivity contribution is -0.274. The molecule has 2 nitrogen and oxygen atoms in total. The molecule has 2 rings (SSSR count). The number of hydrogen-bond acceptors (Lipinski definition) is 2. The quantitative estimate of drug-likeness (QED) is 0.873. The lowest BCUT2D eigenvalue weighted by Crippen LogP contribution is -2.17. The van der Waals surface area contributed by atoms with Crippen LogP contribution >= 0.6 is 0 Å². The Labute approximate surface area is 121 Å². The molecule has 0 radical (unpaired) electrons. The van der Waals surface area contributed by atoms with Crippen molar-refractivity contribution in [3.63, 3.8) is 0 Å². The summed E-state index contributed by atoms with van der Waals surface area (Å²) < 4.78 is 40.4. The van der Waals surface area contributed by atoms with Gasteiger partial charge < -0.3 is 10.1 Å². The van der Waals surface area contributed by atoms with Gasteiger partial charge in [-0.3, -0.25) is 0 Å². The maximum absolute atomic E-state index is 12.2. The summed E-state index contributed by atoms with van der Waals surface area (Å²) in [6.07, 6.45) is -4.67. The van der Waals surface area contributed by atoms with Crippen molar-refractivity contribution in [2.45, 2.75) is 26.8 Å². The Hall–Kier alpha value is -2.17. The van der Waals surface area contributed by atoms with Crippen LogP contribution in [0.5, 0.6) is 5.75 Å². The van der Waals surface area contributed by atoms with Crippen molar-refractivity contribution in [3.8, 4) is 5.75 Å². The van der Waals surface area contributed by atoms with Gasteiger partial charge in [0.15, 0.2) is 0 Å². The predicted octanol–water partition coefficient (Wildman–Crippen LogP) is 4.81. The van der Waals surface area contributed by atoms with Crippen molar-refractivity contribution >= 4 is 5.69 Å². The van der Waals surface area contributed by atoms with Gasteiger partial charge >= 0.3 is 6.36 Å². The maximum atomic E-state index is 12.2. The highest BCUT2D eigenvalue weighted by atomic mass is 19.4. The minimum Gasteiger partial charge on any atom is -0.406 e. The SMILES string of the molecule is Cc1cc(C)cc(CNc2cccc(OC(F)(F)F)c2)c1. The van der Waals surface area contributed by atoms with E-state index in [0.717, 1.165) is 16.7 Å². The lowest BCUT2D eigenvalue weighted by atomic mass is 10.1. The van der Waals surface area contributed by atoms with Crippen LogP contribution in [-0.4, -0.2) is 6.36 Å². The van der Waals surface area contributed by atoms with E-state index >= 15 is 0 Å². The average molecular weight is 295 g/mol. The third kappa shape index (κ3) is 5.02. The smallest absolute Gasteiger partial charge is 0.406 e. The first-order valence-electron chi connectivity index (χ1n) is 6.49. The fourth-order valence-corrected chi connectivity index (χ4v) is 2.18. The van der Waals surface area contributed by atoms with Gasteiger partial charge in [0.1, 0.15) is 5.75 Å². The largest absolute Gasteiger partial charge is 0.573 e. The number of rotatable bonds is 4. The van der Waals surface area contributed by atoms with E-state index in [9.17, 15) is 13.2 Å². The Balaban J connectivity index is 2.04. The summed E-state index contributed by atoms with van der Waals surface area (Å²) in [5, 5.41) is 3.09. The molecule has 0 heterocycles. The van der Waals surface area contributed by atoms with Crippen LogP contribution in [0.3, 0.4) is 0 Å². The molecule has 0 fully saturated rings. The van der Waals surface area contributed by atoms with Crippen LogP contribution in [0.2, 0.25) is 0 Å². The van der Waals surface area contributed by atoms with Crippen LogP contribution in [-0.2, 0) is 6.54 Å². The molecule has 0 saturated heterocycles. The monoisotopic (exact) mass is 295 g/mol. The van der Waals surface area contributed by atoms with E-state index < -0.39 is 6.36 Å². The number of hydrogen-bond donors (Lipinski definition) is 1. The summed E-state index contributed by atoms with van der Waals surface area (Å²) in [6, 6.07) is 12.0. The number of alkyl halides is 3. The third-order valence-corrected chi connectivity index (χ3v) is 2.85. The second-order valence-electron chi connectivity index (χ2n) is 4.93. The molecular formula is C16H16F3NO. The van der Waals surface area contributed by atoms with Gasteiger partial charge in [-0.25, -0.2) is 0 Å². The van der Waals surface area contributed by atoms with Crippen LogP contribution in [0.4, 0.5) is 18.9 Å². The minimum absolute atomic E-state index is 0.229. The fourth-order valence-electron chi connectivity index (χ4n) is 2.18. The fraction of sp³-hybridized carbons (Fsp3) is 0.250. The molecule has 0 aliphatic rings. The first-order chi connectivity index (χ1) is 9.82. The molecule has 5 heteroatoms. The summed E-state index contributed by atoms with van der Waals surface area (Å²) in [5.41, 5.74) is 3.97. The van der Waals surface area contributed by atoms with Crippen LogP contribution < -0.4 is 10.1 Å². The van der Waals surface area contributed by atoms with Crippen molar-refractivity contribution in [1.29, 1.82) is 0 Å². The number of ether oxygens (including phenoxy) is 1. The standard InChI is InChI=1S/C16H16F3NO/c1-11-6-12(2)8-13(7-11)10-20-14-4-3-5-15(9-14)21-16(17,18)19/h3-9,20H,10H2,1-2H3. The minimum atomic E-state index is -4.67. The number of benzene rings is 2. The predicted molar refractivity (Wildman–Crippen MR) is 76.4 cm³/mol. The topological polar surface area (TPSA) is 21.3 Å². The zero-order chi connectivity index (χ0) is 15.5. The molecule has 0 saturated carbocycles. The van der Waals surface area contributed by atoms with Gasteiger partial charge in [0.2, 0.25) is 0 Å². The zero-order valence-electron chi connectivity index (χ0n) is 11.8. The van der Waals surface area contributed by atoms with E-state index in [-0.39, 0.29) is 5.75 Å². The lowest BCUT2D eigenvalue weighted by Gasteiger charge is -2.12. The summed E-state index contributed by atoms with van der Waals surface area (Å²) in [6.45, 7) is 4.56. The second-order valence-corrected chi connectivity index (χ2v) is 4.93. The van der Waals surface area contributed by atoms with Gasteiger partial charge in [-0.1, -0.05) is 35.4 Å². The Kier molecular flexibility index (Phi) is 4.40. The molecule has 0 spiro atoms. The highest BCUT2D eigenvalue weighted by Gasteiger charge is 2.31. The van der Waals surface area contributed by atoms with Crippen molar-refractivity contribution in [3.05, 3.63) is 59.2 Å². The summed E-state index contributed by atoms with van der Waals surface area (Å²) in [5.74, 6) is -0.229. The van der Waals surface area contributed by atoms with E-state index in [1.54, 1.807) is 6.07 Å². The molecule has 1 N–H and O–H groups in total. The first kappa shape index (κ1) is 15.2.